The molecule has 2 aliphatic rings. The van der Waals surface area contributed by atoms with E-state index in [0.717, 1.165) is 17.7 Å². The van der Waals surface area contributed by atoms with Gasteiger partial charge in [-0.25, -0.2) is 19.1 Å². The van der Waals surface area contributed by atoms with Gasteiger partial charge in [0.2, 0.25) is 5.91 Å². The van der Waals surface area contributed by atoms with E-state index < -0.39 is 23.5 Å². The maximum Gasteiger partial charge on any atom is 0.325 e. The lowest BCUT2D eigenvalue weighted by atomic mass is 9.97. The van der Waals surface area contributed by atoms with Gasteiger partial charge in [0.05, 0.1) is 11.0 Å². The van der Waals surface area contributed by atoms with Crippen molar-refractivity contribution >= 4 is 28.9 Å². The molecule has 4 rings (SSSR count). The van der Waals surface area contributed by atoms with Gasteiger partial charge in [0.25, 0.3) is 5.91 Å². The van der Waals surface area contributed by atoms with Gasteiger partial charge in [-0.15, -0.1) is 0 Å². The second-order valence-electron chi connectivity index (χ2n) is 7.83. The van der Waals surface area contributed by atoms with Crippen molar-refractivity contribution in [1.29, 1.82) is 0 Å². The number of benzene rings is 1. The molecule has 9 heteroatoms. The van der Waals surface area contributed by atoms with Crippen LogP contribution in [0.5, 0.6) is 0 Å². The van der Waals surface area contributed by atoms with E-state index in [1.165, 1.54) is 12.1 Å². The van der Waals surface area contributed by atoms with Crippen LogP contribution in [0.25, 0.3) is 11.0 Å². The van der Waals surface area contributed by atoms with Crippen LogP contribution < -0.4 is 10.6 Å². The maximum atomic E-state index is 13.4. The summed E-state index contributed by atoms with van der Waals surface area (Å²) in [5.41, 5.74) is 0.541. The van der Waals surface area contributed by atoms with Crippen LogP contribution in [-0.4, -0.2) is 50.4 Å². The Labute approximate surface area is 167 Å². The lowest BCUT2D eigenvalue weighted by Crippen LogP contribution is -2.50. The van der Waals surface area contributed by atoms with Gasteiger partial charge in [0.15, 0.2) is 0 Å². The molecule has 2 aromatic rings. The maximum absolute atomic E-state index is 13.4. The van der Waals surface area contributed by atoms with Crippen molar-refractivity contribution in [3.05, 3.63) is 29.8 Å². The number of nitrogens with zero attached hydrogens (tertiary/aromatic N) is 3. The summed E-state index contributed by atoms with van der Waals surface area (Å²) in [4.78, 5) is 43.2. The summed E-state index contributed by atoms with van der Waals surface area (Å²) in [6, 6.07) is 3.00. The van der Waals surface area contributed by atoms with Gasteiger partial charge in [0, 0.05) is 20.0 Å². The highest BCUT2D eigenvalue weighted by Gasteiger charge is 2.54. The predicted octanol–water partition coefficient (Wildman–Crippen LogP) is 1.62. The first-order valence-corrected chi connectivity index (χ1v) is 9.87. The number of carbonyl (C=O) groups is 3. The first kappa shape index (κ1) is 19.4. The molecule has 1 atom stereocenters. The molecule has 154 valence electrons. The van der Waals surface area contributed by atoms with Crippen LogP contribution in [0.1, 0.15) is 38.4 Å². The highest BCUT2D eigenvalue weighted by Crippen LogP contribution is 2.35. The fourth-order valence-corrected chi connectivity index (χ4v) is 4.31. The number of urea groups is 1. The molecule has 8 nitrogen and oxygen atoms in total. The Kier molecular flexibility index (Phi) is 4.76. The second kappa shape index (κ2) is 7.13. The summed E-state index contributed by atoms with van der Waals surface area (Å²) in [6.45, 7) is 1.84. The fourth-order valence-electron chi connectivity index (χ4n) is 4.31. The normalized spacial score (nSPS) is 19.2. The summed E-state index contributed by atoms with van der Waals surface area (Å²) < 4.78 is 15.2. The number of amides is 4. The number of nitrogens with one attached hydrogen (secondary N) is 2. The molecule has 0 bridgehead atoms. The molecule has 29 heavy (non-hydrogen) atoms. The SMILES string of the molecule is CC(C(=O)NCCc1nc2ccc(F)cc2n1C)N1C(=O)NC2(CCCC2)C1=O. The molecule has 2 heterocycles. The Hall–Kier alpha value is -2.97. The quantitative estimate of drug-likeness (QED) is 0.745. The Morgan fingerprint density at radius 3 is 2.79 bits per heavy atom. The third-order valence-corrected chi connectivity index (χ3v) is 6.00. The number of rotatable bonds is 5. The molecular weight excluding hydrogens is 377 g/mol. The van der Waals surface area contributed by atoms with Crippen molar-refractivity contribution in [2.45, 2.75) is 50.6 Å². The molecule has 1 unspecified atom stereocenters. The van der Waals surface area contributed by atoms with Gasteiger partial charge >= 0.3 is 6.03 Å². The highest BCUT2D eigenvalue weighted by molar-refractivity contribution is 6.09. The monoisotopic (exact) mass is 401 g/mol. The van der Waals surface area contributed by atoms with Gasteiger partial charge in [-0.3, -0.25) is 9.59 Å². The summed E-state index contributed by atoms with van der Waals surface area (Å²) in [7, 11) is 1.79. The van der Waals surface area contributed by atoms with E-state index in [1.807, 2.05) is 0 Å². The number of fused-ring (bicyclic) bond motifs is 1. The van der Waals surface area contributed by atoms with Gasteiger partial charge in [-0.2, -0.15) is 0 Å². The van der Waals surface area contributed by atoms with Crippen molar-refractivity contribution in [1.82, 2.24) is 25.1 Å². The van der Waals surface area contributed by atoms with Crippen LogP contribution in [0, 0.1) is 5.82 Å². The summed E-state index contributed by atoms with van der Waals surface area (Å²) in [5.74, 6) is -0.324. The molecule has 1 aromatic carbocycles. The molecule has 2 N–H and O–H groups in total. The molecule has 4 amide bonds. The van der Waals surface area contributed by atoms with Gasteiger partial charge in [0.1, 0.15) is 23.2 Å². The van der Waals surface area contributed by atoms with Crippen LogP contribution in [0.4, 0.5) is 9.18 Å². The number of imidazole rings is 1. The van der Waals surface area contributed by atoms with Crippen molar-refractivity contribution in [2.75, 3.05) is 6.54 Å². The highest BCUT2D eigenvalue weighted by atomic mass is 19.1. The van der Waals surface area contributed by atoms with Crippen LogP contribution in [0.2, 0.25) is 0 Å². The third kappa shape index (κ3) is 3.24. The van der Waals surface area contributed by atoms with E-state index in [2.05, 4.69) is 15.6 Å². The van der Waals surface area contributed by atoms with Gasteiger partial charge in [-0.1, -0.05) is 12.8 Å². The minimum absolute atomic E-state index is 0.289. The Morgan fingerprint density at radius 2 is 2.07 bits per heavy atom. The number of imide groups is 1. The van der Waals surface area contributed by atoms with E-state index in [9.17, 15) is 18.8 Å². The fraction of sp³-hybridized carbons (Fsp3) is 0.500. The molecule has 1 aliphatic carbocycles. The van der Waals surface area contributed by atoms with E-state index in [1.54, 1.807) is 24.6 Å². The van der Waals surface area contributed by atoms with E-state index in [4.69, 9.17) is 0 Å². The molecule has 1 aromatic heterocycles. The summed E-state index contributed by atoms with van der Waals surface area (Å²) >= 11 is 0. The lowest BCUT2D eigenvalue weighted by Gasteiger charge is -2.23. The Bertz CT molecular complexity index is 995. The van der Waals surface area contributed by atoms with E-state index >= 15 is 0 Å². The number of carbonyl (C=O) groups excluding carboxylic acids is 3. The van der Waals surface area contributed by atoms with Crippen molar-refractivity contribution in [2.24, 2.45) is 7.05 Å². The molecule has 1 saturated heterocycles. The van der Waals surface area contributed by atoms with Crippen LogP contribution in [0.3, 0.4) is 0 Å². The minimum atomic E-state index is -0.892. The van der Waals surface area contributed by atoms with Crippen LogP contribution >= 0.6 is 0 Å². The summed E-state index contributed by atoms with van der Waals surface area (Å²) in [5, 5.41) is 5.56. The average molecular weight is 401 g/mol. The zero-order chi connectivity index (χ0) is 20.8. The number of aryl methyl sites for hydroxylation is 1. The number of aromatic nitrogens is 2. The second-order valence-corrected chi connectivity index (χ2v) is 7.83. The molecular formula is C20H24FN5O3. The minimum Gasteiger partial charge on any atom is -0.354 e. The number of halogens is 1. The number of hydrogen-bond acceptors (Lipinski definition) is 4. The van der Waals surface area contributed by atoms with Gasteiger partial charge < -0.3 is 15.2 Å². The lowest BCUT2D eigenvalue weighted by molar-refractivity contribution is -0.137. The molecule has 2 fully saturated rings. The summed E-state index contributed by atoms with van der Waals surface area (Å²) in [6.07, 6.45) is 3.46. The van der Waals surface area contributed by atoms with Crippen LogP contribution in [-0.2, 0) is 23.1 Å². The zero-order valence-corrected chi connectivity index (χ0v) is 16.5. The standard InChI is InChI=1S/C20H24FN5O3/c1-12(26-18(28)20(24-19(26)29)8-3-4-9-20)17(27)22-10-7-16-23-14-6-5-13(21)11-15(14)25(16)2/h5-6,11-12H,3-4,7-10H2,1-2H3,(H,22,27)(H,24,29). The van der Waals surface area contributed by atoms with Crippen molar-refractivity contribution in [3.63, 3.8) is 0 Å². The Balaban J connectivity index is 1.38. The Morgan fingerprint density at radius 1 is 1.34 bits per heavy atom. The average Bonchev–Trinajstić information content (AvgIpc) is 3.34. The van der Waals surface area contributed by atoms with E-state index in [-0.39, 0.29) is 18.3 Å². The first-order valence-electron chi connectivity index (χ1n) is 9.87. The van der Waals surface area contributed by atoms with Crippen LogP contribution in [0.15, 0.2) is 18.2 Å². The van der Waals surface area contributed by atoms with Gasteiger partial charge in [-0.05, 0) is 38.0 Å². The molecule has 1 aliphatic heterocycles. The topological polar surface area (TPSA) is 96.3 Å². The molecule has 1 spiro atoms. The predicted molar refractivity (Wildman–Crippen MR) is 103 cm³/mol. The largest absolute Gasteiger partial charge is 0.354 e. The third-order valence-electron chi connectivity index (χ3n) is 6.00. The molecule has 1 saturated carbocycles. The van der Waals surface area contributed by atoms with Crippen molar-refractivity contribution < 1.29 is 18.8 Å². The van der Waals surface area contributed by atoms with Crippen molar-refractivity contribution in [3.8, 4) is 0 Å². The number of hydrogen-bond donors (Lipinski definition) is 2. The van der Waals surface area contributed by atoms with E-state index in [0.29, 0.717) is 36.1 Å². The zero-order valence-electron chi connectivity index (χ0n) is 16.5. The smallest absolute Gasteiger partial charge is 0.325 e. The molecule has 0 radical (unpaired) electrons. The first-order chi connectivity index (χ1) is 13.8.